The summed E-state index contributed by atoms with van der Waals surface area (Å²) >= 11 is 0. The quantitative estimate of drug-likeness (QED) is 0.733. The van der Waals surface area contributed by atoms with Crippen LogP contribution in [-0.2, 0) is 13.0 Å². The van der Waals surface area contributed by atoms with Gasteiger partial charge in [0.1, 0.15) is 13.2 Å². The Kier molecular flexibility index (Phi) is 4.52. The van der Waals surface area contributed by atoms with Gasteiger partial charge in [-0.2, -0.15) is 0 Å². The minimum absolute atomic E-state index is 0.0641. The average Bonchev–Trinajstić information content (AvgIpc) is 2.66. The molecule has 1 aromatic heterocycles. The van der Waals surface area contributed by atoms with E-state index in [4.69, 9.17) is 9.47 Å². The van der Waals surface area contributed by atoms with Crippen LogP contribution >= 0.6 is 0 Å². The molecule has 4 rings (SSSR count). The summed E-state index contributed by atoms with van der Waals surface area (Å²) in [7, 11) is 0. The summed E-state index contributed by atoms with van der Waals surface area (Å²) in [6, 6.07) is 13.9. The van der Waals surface area contributed by atoms with Crippen LogP contribution in [-0.4, -0.2) is 18.2 Å². The highest BCUT2D eigenvalue weighted by molar-refractivity contribution is 5.79. The molecule has 26 heavy (non-hydrogen) atoms. The summed E-state index contributed by atoms with van der Waals surface area (Å²) < 4.78 is 11.1. The smallest absolute Gasteiger partial charge is 0.253 e. The Balaban J connectivity index is 1.56. The van der Waals surface area contributed by atoms with Gasteiger partial charge in [0.2, 0.25) is 0 Å². The van der Waals surface area contributed by atoms with Crippen molar-refractivity contribution in [2.75, 3.05) is 18.5 Å². The second kappa shape index (κ2) is 7.12. The van der Waals surface area contributed by atoms with Crippen LogP contribution in [0.5, 0.6) is 11.5 Å². The molecule has 0 atom stereocenters. The van der Waals surface area contributed by atoms with Gasteiger partial charge in [0, 0.05) is 29.4 Å². The van der Waals surface area contributed by atoms with E-state index in [9.17, 15) is 4.79 Å². The topological polar surface area (TPSA) is 63.4 Å². The molecule has 0 amide bonds. The van der Waals surface area contributed by atoms with Gasteiger partial charge in [0.15, 0.2) is 11.5 Å². The number of aromatic nitrogens is 1. The highest BCUT2D eigenvalue weighted by atomic mass is 16.6. The molecule has 0 unspecified atom stereocenters. The molecule has 3 aromatic rings. The number of H-pyrrole nitrogens is 1. The van der Waals surface area contributed by atoms with Gasteiger partial charge in [-0.3, -0.25) is 4.79 Å². The largest absolute Gasteiger partial charge is 0.486 e. The van der Waals surface area contributed by atoms with Gasteiger partial charge in [0.25, 0.3) is 5.56 Å². The number of ether oxygens (including phenoxy) is 2. The van der Waals surface area contributed by atoms with Crippen molar-refractivity contribution in [2.45, 2.75) is 26.3 Å². The fraction of sp³-hybridized carbons (Fsp3) is 0.286. The van der Waals surface area contributed by atoms with Crippen molar-refractivity contribution < 1.29 is 9.47 Å². The van der Waals surface area contributed by atoms with Crippen molar-refractivity contribution in [3.05, 3.63) is 63.9 Å². The molecule has 0 saturated carbocycles. The van der Waals surface area contributed by atoms with Crippen LogP contribution in [0, 0.1) is 0 Å². The predicted molar refractivity (Wildman–Crippen MR) is 103 cm³/mol. The van der Waals surface area contributed by atoms with E-state index in [-0.39, 0.29) is 5.56 Å². The van der Waals surface area contributed by atoms with Gasteiger partial charge < -0.3 is 19.8 Å². The van der Waals surface area contributed by atoms with E-state index in [1.54, 1.807) is 0 Å². The lowest BCUT2D eigenvalue weighted by Gasteiger charge is -2.19. The summed E-state index contributed by atoms with van der Waals surface area (Å²) in [6.45, 7) is 3.75. The Labute approximate surface area is 152 Å². The van der Waals surface area contributed by atoms with Crippen LogP contribution in [0.3, 0.4) is 0 Å². The summed E-state index contributed by atoms with van der Waals surface area (Å²) in [5.41, 5.74) is 3.70. The van der Waals surface area contributed by atoms with E-state index in [2.05, 4.69) is 29.4 Å². The number of fused-ring (bicyclic) bond motifs is 2. The normalized spacial score (nSPS) is 13.0. The molecule has 0 spiro atoms. The summed E-state index contributed by atoms with van der Waals surface area (Å²) in [5.74, 6) is 1.49. The zero-order valence-corrected chi connectivity index (χ0v) is 14.8. The third kappa shape index (κ3) is 3.38. The molecule has 5 heteroatoms. The molecule has 2 aromatic carbocycles. The van der Waals surface area contributed by atoms with Crippen LogP contribution in [0.25, 0.3) is 10.9 Å². The fourth-order valence-corrected chi connectivity index (χ4v) is 3.23. The van der Waals surface area contributed by atoms with Gasteiger partial charge >= 0.3 is 0 Å². The Morgan fingerprint density at radius 1 is 1.04 bits per heavy atom. The van der Waals surface area contributed by atoms with Crippen molar-refractivity contribution >= 4 is 16.6 Å². The number of hydrogen-bond acceptors (Lipinski definition) is 4. The molecule has 5 nitrogen and oxygen atoms in total. The third-order valence-electron chi connectivity index (χ3n) is 4.55. The van der Waals surface area contributed by atoms with E-state index < -0.39 is 0 Å². The summed E-state index contributed by atoms with van der Waals surface area (Å²) in [6.07, 6.45) is 2.15. The van der Waals surface area contributed by atoms with E-state index in [1.165, 1.54) is 5.56 Å². The molecule has 0 radical (unpaired) electrons. The zero-order valence-electron chi connectivity index (χ0n) is 14.8. The predicted octanol–water partition coefficient (Wildman–Crippen LogP) is 3.86. The maximum absolute atomic E-state index is 12.4. The minimum Gasteiger partial charge on any atom is -0.486 e. The molecule has 2 N–H and O–H groups in total. The summed E-state index contributed by atoms with van der Waals surface area (Å²) in [5, 5.41) is 4.37. The van der Waals surface area contributed by atoms with E-state index in [0.29, 0.717) is 25.3 Å². The molecule has 2 heterocycles. The number of hydrogen-bond donors (Lipinski definition) is 2. The van der Waals surface area contributed by atoms with E-state index >= 15 is 0 Å². The Morgan fingerprint density at radius 3 is 2.73 bits per heavy atom. The van der Waals surface area contributed by atoms with Crippen molar-refractivity contribution in [1.29, 1.82) is 0 Å². The highest BCUT2D eigenvalue weighted by Crippen LogP contribution is 2.32. The standard InChI is InChI=1S/C21H22N2O3/c1-2-3-14-4-6-18-15(10-14)11-16(21(24)23-18)13-22-17-5-7-19-20(12-17)26-9-8-25-19/h4-7,10-12,22H,2-3,8-9,13H2,1H3,(H,23,24). The van der Waals surface area contributed by atoms with Crippen LogP contribution < -0.4 is 20.3 Å². The zero-order chi connectivity index (χ0) is 17.9. The number of aromatic amines is 1. The van der Waals surface area contributed by atoms with E-state index in [0.717, 1.165) is 40.9 Å². The van der Waals surface area contributed by atoms with Crippen molar-refractivity contribution in [2.24, 2.45) is 0 Å². The fourth-order valence-electron chi connectivity index (χ4n) is 3.23. The first kappa shape index (κ1) is 16.5. The number of pyridine rings is 1. The molecule has 0 fully saturated rings. The first-order chi connectivity index (χ1) is 12.7. The lowest BCUT2D eigenvalue weighted by molar-refractivity contribution is 0.171. The second-order valence-corrected chi connectivity index (χ2v) is 6.51. The molecule has 1 aliphatic rings. The number of anilines is 1. The van der Waals surface area contributed by atoms with Crippen LogP contribution in [0.1, 0.15) is 24.5 Å². The molecule has 134 valence electrons. The number of nitrogens with one attached hydrogen (secondary N) is 2. The Bertz CT molecular complexity index is 994. The average molecular weight is 350 g/mol. The Hall–Kier alpha value is -2.95. The second-order valence-electron chi connectivity index (χ2n) is 6.51. The van der Waals surface area contributed by atoms with Gasteiger partial charge in [-0.1, -0.05) is 19.4 Å². The van der Waals surface area contributed by atoms with Gasteiger partial charge in [-0.15, -0.1) is 0 Å². The van der Waals surface area contributed by atoms with Crippen LogP contribution in [0.4, 0.5) is 5.69 Å². The monoisotopic (exact) mass is 350 g/mol. The van der Waals surface area contributed by atoms with Crippen LogP contribution in [0.15, 0.2) is 47.3 Å². The maximum Gasteiger partial charge on any atom is 0.253 e. The van der Waals surface area contributed by atoms with Gasteiger partial charge in [-0.05, 0) is 47.7 Å². The van der Waals surface area contributed by atoms with Crippen LogP contribution in [0.2, 0.25) is 0 Å². The maximum atomic E-state index is 12.4. The summed E-state index contributed by atoms with van der Waals surface area (Å²) in [4.78, 5) is 15.3. The molecular formula is C21H22N2O3. The van der Waals surface area contributed by atoms with Crippen molar-refractivity contribution in [3.8, 4) is 11.5 Å². The van der Waals surface area contributed by atoms with Crippen molar-refractivity contribution in [1.82, 2.24) is 4.98 Å². The van der Waals surface area contributed by atoms with E-state index in [1.807, 2.05) is 30.3 Å². The molecule has 0 aliphatic carbocycles. The minimum atomic E-state index is -0.0641. The van der Waals surface area contributed by atoms with Gasteiger partial charge in [0.05, 0.1) is 0 Å². The first-order valence-corrected chi connectivity index (χ1v) is 9.01. The molecule has 0 bridgehead atoms. The Morgan fingerprint density at radius 2 is 1.88 bits per heavy atom. The molecule has 1 aliphatic heterocycles. The number of aryl methyl sites for hydroxylation is 1. The first-order valence-electron chi connectivity index (χ1n) is 9.01. The SMILES string of the molecule is CCCc1ccc2[nH]c(=O)c(CNc3ccc4c(c3)OCCO4)cc2c1. The number of rotatable bonds is 5. The number of benzene rings is 2. The third-order valence-corrected chi connectivity index (χ3v) is 4.55. The molecule has 0 saturated heterocycles. The van der Waals surface area contributed by atoms with Crippen molar-refractivity contribution in [3.63, 3.8) is 0 Å². The highest BCUT2D eigenvalue weighted by Gasteiger charge is 2.12. The lowest BCUT2D eigenvalue weighted by Crippen LogP contribution is -2.17. The van der Waals surface area contributed by atoms with Gasteiger partial charge in [-0.25, -0.2) is 0 Å². The molecular weight excluding hydrogens is 328 g/mol. The lowest BCUT2D eigenvalue weighted by atomic mass is 10.1.